The topological polar surface area (TPSA) is 129 Å². The van der Waals surface area contributed by atoms with Gasteiger partial charge in [-0.15, -0.1) is 5.10 Å². The Labute approximate surface area is 128 Å². The minimum absolute atomic E-state index is 0.0791. The van der Waals surface area contributed by atoms with Crippen LogP contribution >= 0.6 is 0 Å². The van der Waals surface area contributed by atoms with Gasteiger partial charge in [-0.2, -0.15) is 5.10 Å². The molecule has 3 rings (SSSR count). The number of rotatable bonds is 4. The Hall–Kier alpha value is -3.56. The van der Waals surface area contributed by atoms with Crippen molar-refractivity contribution in [2.24, 2.45) is 7.05 Å². The lowest BCUT2D eigenvalue weighted by Gasteiger charge is -2.00. The maximum Gasteiger partial charge on any atom is 0.322 e. The Morgan fingerprint density at radius 3 is 2.61 bits per heavy atom. The van der Waals surface area contributed by atoms with Crippen LogP contribution in [0.25, 0.3) is 11.6 Å². The monoisotopic (exact) mass is 314 g/mol. The van der Waals surface area contributed by atoms with Crippen molar-refractivity contribution < 1.29 is 14.1 Å². The van der Waals surface area contributed by atoms with Gasteiger partial charge < -0.3 is 4.42 Å². The van der Waals surface area contributed by atoms with Crippen molar-refractivity contribution in [2.45, 2.75) is 0 Å². The molecule has 0 aliphatic carbocycles. The van der Waals surface area contributed by atoms with Gasteiger partial charge in [0.15, 0.2) is 0 Å². The molecule has 23 heavy (non-hydrogen) atoms. The maximum absolute atomic E-state index is 12.0. The van der Waals surface area contributed by atoms with Crippen LogP contribution in [0.4, 0.5) is 11.7 Å². The van der Waals surface area contributed by atoms with Crippen molar-refractivity contribution in [3.8, 4) is 11.6 Å². The number of aromatic nitrogens is 4. The molecule has 0 fully saturated rings. The predicted octanol–water partition coefficient (Wildman–Crippen LogP) is 1.63. The van der Waals surface area contributed by atoms with E-state index in [0.717, 1.165) is 0 Å². The normalized spacial score (nSPS) is 10.5. The minimum Gasteiger partial charge on any atom is -0.401 e. The lowest BCUT2D eigenvalue weighted by atomic mass is 10.2. The van der Waals surface area contributed by atoms with Gasteiger partial charge in [0.1, 0.15) is 5.69 Å². The van der Waals surface area contributed by atoms with E-state index in [1.165, 1.54) is 24.3 Å². The Balaban J connectivity index is 1.74. The van der Waals surface area contributed by atoms with Crippen LogP contribution in [-0.4, -0.2) is 30.8 Å². The second kappa shape index (κ2) is 5.67. The number of non-ortho nitro benzene ring substituents is 1. The number of nitro groups is 1. The quantitative estimate of drug-likeness (QED) is 0.572. The van der Waals surface area contributed by atoms with E-state index < -0.39 is 10.8 Å². The Morgan fingerprint density at radius 1 is 1.26 bits per heavy atom. The SMILES string of the molecule is Cn1nccc1-c1nnc(NC(=O)c2ccc([N+](=O)[O-])cc2)o1. The molecular formula is C13H10N6O4. The number of hydrogen-bond donors (Lipinski definition) is 1. The number of nitrogens with zero attached hydrogens (tertiary/aromatic N) is 5. The zero-order valence-electron chi connectivity index (χ0n) is 11.8. The van der Waals surface area contributed by atoms with Crippen molar-refractivity contribution in [1.29, 1.82) is 0 Å². The summed E-state index contributed by atoms with van der Waals surface area (Å²) in [5.74, 6) is -0.302. The molecule has 2 heterocycles. The Morgan fingerprint density at radius 2 is 2.00 bits per heavy atom. The molecule has 0 saturated heterocycles. The summed E-state index contributed by atoms with van der Waals surface area (Å²) in [6.07, 6.45) is 1.58. The van der Waals surface area contributed by atoms with Crippen molar-refractivity contribution in [2.75, 3.05) is 5.32 Å². The number of aryl methyl sites for hydroxylation is 1. The van der Waals surface area contributed by atoms with E-state index >= 15 is 0 Å². The van der Waals surface area contributed by atoms with Crippen molar-refractivity contribution in [3.63, 3.8) is 0 Å². The van der Waals surface area contributed by atoms with Crippen LogP contribution in [-0.2, 0) is 7.05 Å². The summed E-state index contributed by atoms with van der Waals surface area (Å²) in [4.78, 5) is 22.1. The molecule has 2 aromatic heterocycles. The summed E-state index contributed by atoms with van der Waals surface area (Å²) in [5, 5.41) is 24.5. The van der Waals surface area contributed by atoms with Gasteiger partial charge in [0.2, 0.25) is 0 Å². The summed E-state index contributed by atoms with van der Waals surface area (Å²) < 4.78 is 6.89. The van der Waals surface area contributed by atoms with Gasteiger partial charge in [0.05, 0.1) is 4.92 Å². The summed E-state index contributed by atoms with van der Waals surface area (Å²) >= 11 is 0. The predicted molar refractivity (Wildman–Crippen MR) is 77.5 cm³/mol. The summed E-state index contributed by atoms with van der Waals surface area (Å²) in [5.41, 5.74) is 0.738. The average molecular weight is 314 g/mol. The number of nitrogens with one attached hydrogen (secondary N) is 1. The lowest BCUT2D eigenvalue weighted by molar-refractivity contribution is -0.384. The van der Waals surface area contributed by atoms with E-state index in [9.17, 15) is 14.9 Å². The lowest BCUT2D eigenvalue weighted by Crippen LogP contribution is -2.12. The molecule has 1 N–H and O–H groups in total. The standard InChI is InChI=1S/C13H10N6O4/c1-18-10(6-7-14-18)12-16-17-13(23-12)15-11(20)8-2-4-9(5-3-8)19(21)22/h2-7H,1H3,(H,15,17,20). The fraction of sp³-hybridized carbons (Fsp3) is 0.0769. The number of anilines is 1. The van der Waals surface area contributed by atoms with Crippen molar-refractivity contribution >= 4 is 17.6 Å². The molecule has 0 bridgehead atoms. The van der Waals surface area contributed by atoms with Gasteiger partial charge in [0.25, 0.3) is 17.5 Å². The highest BCUT2D eigenvalue weighted by Gasteiger charge is 2.15. The second-order valence-electron chi connectivity index (χ2n) is 4.51. The van der Waals surface area contributed by atoms with Crippen LogP contribution < -0.4 is 5.32 Å². The van der Waals surface area contributed by atoms with Crippen LogP contribution in [0.15, 0.2) is 40.9 Å². The fourth-order valence-electron chi connectivity index (χ4n) is 1.86. The van der Waals surface area contributed by atoms with Crippen LogP contribution in [0.5, 0.6) is 0 Å². The molecule has 0 spiro atoms. The van der Waals surface area contributed by atoms with Gasteiger partial charge >= 0.3 is 6.01 Å². The highest BCUT2D eigenvalue weighted by molar-refractivity contribution is 6.03. The highest BCUT2D eigenvalue weighted by atomic mass is 16.6. The van der Waals surface area contributed by atoms with Gasteiger partial charge in [-0.1, -0.05) is 5.10 Å². The molecule has 3 aromatic rings. The summed E-state index contributed by atoms with van der Waals surface area (Å²) in [6, 6.07) is 6.77. The zero-order valence-corrected chi connectivity index (χ0v) is 11.8. The van der Waals surface area contributed by atoms with Gasteiger partial charge in [-0.25, -0.2) is 0 Å². The molecule has 1 aromatic carbocycles. The first kappa shape index (κ1) is 14.4. The molecule has 0 saturated carbocycles. The van der Waals surface area contributed by atoms with Gasteiger partial charge in [-0.3, -0.25) is 24.9 Å². The van der Waals surface area contributed by atoms with Crippen LogP contribution in [0.2, 0.25) is 0 Å². The van der Waals surface area contributed by atoms with E-state index in [1.807, 2.05) is 0 Å². The third-order valence-electron chi connectivity index (χ3n) is 3.03. The first-order chi connectivity index (χ1) is 11.0. The van der Waals surface area contributed by atoms with E-state index in [4.69, 9.17) is 4.42 Å². The zero-order chi connectivity index (χ0) is 16.4. The van der Waals surface area contributed by atoms with Gasteiger partial charge in [0, 0.05) is 30.9 Å². The Kier molecular flexibility index (Phi) is 3.55. The van der Waals surface area contributed by atoms with Crippen LogP contribution in [0.3, 0.4) is 0 Å². The molecule has 0 aliphatic heterocycles. The van der Waals surface area contributed by atoms with E-state index in [-0.39, 0.29) is 23.2 Å². The third kappa shape index (κ3) is 2.90. The molecule has 10 heteroatoms. The minimum atomic E-state index is -0.542. The number of hydrogen-bond acceptors (Lipinski definition) is 7. The van der Waals surface area contributed by atoms with Crippen LogP contribution in [0.1, 0.15) is 10.4 Å². The first-order valence-electron chi connectivity index (χ1n) is 6.42. The molecule has 0 unspecified atom stereocenters. The number of carbonyl (C=O) groups excluding carboxylic acids is 1. The highest BCUT2D eigenvalue weighted by Crippen LogP contribution is 2.19. The van der Waals surface area contributed by atoms with E-state index in [0.29, 0.717) is 5.69 Å². The average Bonchev–Trinajstić information content (AvgIpc) is 3.16. The summed E-state index contributed by atoms with van der Waals surface area (Å²) in [6.45, 7) is 0. The molecule has 10 nitrogen and oxygen atoms in total. The molecule has 1 amide bonds. The molecular weight excluding hydrogens is 304 g/mol. The van der Waals surface area contributed by atoms with Crippen LogP contribution in [0, 0.1) is 10.1 Å². The van der Waals surface area contributed by atoms with E-state index in [1.54, 1.807) is 24.0 Å². The number of benzene rings is 1. The van der Waals surface area contributed by atoms with Crippen molar-refractivity contribution in [1.82, 2.24) is 20.0 Å². The molecule has 0 radical (unpaired) electrons. The maximum atomic E-state index is 12.0. The third-order valence-corrected chi connectivity index (χ3v) is 3.03. The molecule has 0 aliphatic rings. The number of amides is 1. The van der Waals surface area contributed by atoms with Crippen molar-refractivity contribution in [3.05, 3.63) is 52.2 Å². The first-order valence-corrected chi connectivity index (χ1v) is 6.42. The molecule has 0 atom stereocenters. The van der Waals surface area contributed by atoms with E-state index in [2.05, 4.69) is 20.6 Å². The number of nitro benzene ring substituents is 1. The largest absolute Gasteiger partial charge is 0.401 e. The second-order valence-corrected chi connectivity index (χ2v) is 4.51. The smallest absolute Gasteiger partial charge is 0.322 e. The summed E-state index contributed by atoms with van der Waals surface area (Å²) in [7, 11) is 1.72. The molecule has 116 valence electrons. The fourth-order valence-corrected chi connectivity index (χ4v) is 1.86. The Bertz CT molecular complexity index is 867. The number of carbonyl (C=O) groups is 1. The van der Waals surface area contributed by atoms with Gasteiger partial charge in [-0.05, 0) is 18.2 Å².